The van der Waals surface area contributed by atoms with Gasteiger partial charge in [0.15, 0.2) is 0 Å². The maximum atomic E-state index is 12.2. The second-order valence-corrected chi connectivity index (χ2v) is 5.97. The minimum atomic E-state index is 0.0998. The van der Waals surface area contributed by atoms with Crippen LogP contribution in [0.4, 0.5) is 0 Å². The maximum Gasteiger partial charge on any atom is 0.273 e. The van der Waals surface area contributed by atoms with E-state index in [9.17, 15) is 4.79 Å². The molecular formula is C12H18N2OS. The van der Waals surface area contributed by atoms with Gasteiger partial charge in [0.1, 0.15) is 5.69 Å². The fourth-order valence-electron chi connectivity index (χ4n) is 2.45. The van der Waals surface area contributed by atoms with Gasteiger partial charge >= 0.3 is 0 Å². The quantitative estimate of drug-likeness (QED) is 0.753. The third kappa shape index (κ3) is 2.43. The van der Waals surface area contributed by atoms with Crippen LogP contribution in [0.25, 0.3) is 0 Å². The van der Waals surface area contributed by atoms with E-state index in [2.05, 4.69) is 18.8 Å². The van der Waals surface area contributed by atoms with Gasteiger partial charge in [0, 0.05) is 18.5 Å². The fourth-order valence-corrected chi connectivity index (χ4v) is 3.04. The van der Waals surface area contributed by atoms with Gasteiger partial charge in [0.05, 0.1) is 5.01 Å². The van der Waals surface area contributed by atoms with E-state index in [4.69, 9.17) is 0 Å². The summed E-state index contributed by atoms with van der Waals surface area (Å²) in [6, 6.07) is 0. The molecule has 3 nitrogen and oxygen atoms in total. The average Bonchev–Trinajstić information content (AvgIpc) is 2.62. The molecule has 4 heteroatoms. The molecule has 0 radical (unpaired) electrons. The lowest BCUT2D eigenvalue weighted by molar-refractivity contribution is 0.0618. The van der Waals surface area contributed by atoms with E-state index in [1.807, 2.05) is 17.2 Å². The molecule has 2 rings (SSSR count). The number of piperidine rings is 1. The summed E-state index contributed by atoms with van der Waals surface area (Å²) < 4.78 is 0. The number of aromatic nitrogens is 1. The summed E-state index contributed by atoms with van der Waals surface area (Å²) in [6.07, 6.45) is 1.22. The second kappa shape index (κ2) is 4.53. The van der Waals surface area contributed by atoms with E-state index in [1.165, 1.54) is 17.8 Å². The third-order valence-electron chi connectivity index (χ3n) is 2.99. The van der Waals surface area contributed by atoms with Crippen LogP contribution in [0.15, 0.2) is 5.38 Å². The van der Waals surface area contributed by atoms with E-state index in [1.54, 1.807) is 0 Å². The molecular weight excluding hydrogens is 220 g/mol. The highest BCUT2D eigenvalue weighted by Crippen LogP contribution is 2.22. The molecule has 0 N–H and O–H groups in total. The van der Waals surface area contributed by atoms with Crippen molar-refractivity contribution in [1.82, 2.24) is 9.88 Å². The molecule has 0 saturated carbocycles. The Morgan fingerprint density at radius 1 is 1.44 bits per heavy atom. The highest BCUT2D eigenvalue weighted by atomic mass is 32.1. The van der Waals surface area contributed by atoms with Crippen LogP contribution in [-0.2, 0) is 0 Å². The number of amides is 1. The summed E-state index contributed by atoms with van der Waals surface area (Å²) in [5, 5.41) is 2.82. The molecule has 2 atom stereocenters. The predicted molar refractivity (Wildman–Crippen MR) is 65.7 cm³/mol. The van der Waals surface area contributed by atoms with Crippen LogP contribution in [0, 0.1) is 18.8 Å². The van der Waals surface area contributed by atoms with Crippen molar-refractivity contribution in [3.05, 3.63) is 16.1 Å². The first kappa shape index (κ1) is 11.6. The van der Waals surface area contributed by atoms with E-state index in [-0.39, 0.29) is 5.91 Å². The summed E-state index contributed by atoms with van der Waals surface area (Å²) in [5.74, 6) is 1.31. The molecule has 0 aliphatic carbocycles. The summed E-state index contributed by atoms with van der Waals surface area (Å²) >= 11 is 1.54. The van der Waals surface area contributed by atoms with Gasteiger partial charge in [-0.15, -0.1) is 11.3 Å². The standard InChI is InChI=1S/C12H18N2OS/c1-8-4-9(2)6-14(5-8)12(15)11-7-16-10(3)13-11/h7-9H,4-6H2,1-3H3. The molecule has 0 bridgehead atoms. The number of likely N-dealkylation sites (tertiary alicyclic amines) is 1. The Morgan fingerprint density at radius 2 is 2.06 bits per heavy atom. The van der Waals surface area contributed by atoms with E-state index in [0.29, 0.717) is 17.5 Å². The maximum absolute atomic E-state index is 12.2. The van der Waals surface area contributed by atoms with Crippen molar-refractivity contribution in [2.75, 3.05) is 13.1 Å². The van der Waals surface area contributed by atoms with Crippen LogP contribution < -0.4 is 0 Å². The number of carbonyl (C=O) groups excluding carboxylic acids is 1. The van der Waals surface area contributed by atoms with Gasteiger partial charge < -0.3 is 4.90 Å². The van der Waals surface area contributed by atoms with Crippen molar-refractivity contribution in [3.8, 4) is 0 Å². The largest absolute Gasteiger partial charge is 0.337 e. The van der Waals surface area contributed by atoms with Gasteiger partial charge in [-0.05, 0) is 25.2 Å². The third-order valence-corrected chi connectivity index (χ3v) is 3.77. The van der Waals surface area contributed by atoms with Crippen molar-refractivity contribution in [1.29, 1.82) is 0 Å². The minimum absolute atomic E-state index is 0.0998. The van der Waals surface area contributed by atoms with Crippen LogP contribution in [0.2, 0.25) is 0 Å². The topological polar surface area (TPSA) is 33.2 Å². The van der Waals surface area contributed by atoms with Gasteiger partial charge in [0.25, 0.3) is 5.91 Å². The van der Waals surface area contributed by atoms with Crippen molar-refractivity contribution in [2.45, 2.75) is 27.2 Å². The number of hydrogen-bond acceptors (Lipinski definition) is 3. The second-order valence-electron chi connectivity index (χ2n) is 4.91. The molecule has 88 valence electrons. The monoisotopic (exact) mass is 238 g/mol. The molecule has 0 aromatic carbocycles. The van der Waals surface area contributed by atoms with Crippen molar-refractivity contribution >= 4 is 17.2 Å². The molecule has 1 amide bonds. The van der Waals surface area contributed by atoms with Gasteiger partial charge in [0.2, 0.25) is 0 Å². The molecule has 1 aliphatic rings. The van der Waals surface area contributed by atoms with Gasteiger partial charge in [-0.1, -0.05) is 13.8 Å². The Bertz CT molecular complexity index is 378. The van der Waals surface area contributed by atoms with E-state index in [0.717, 1.165) is 18.1 Å². The summed E-state index contributed by atoms with van der Waals surface area (Å²) in [6.45, 7) is 8.10. The number of hydrogen-bond donors (Lipinski definition) is 0. The molecule has 1 aromatic rings. The van der Waals surface area contributed by atoms with Gasteiger partial charge in [-0.3, -0.25) is 4.79 Å². The first-order chi connectivity index (χ1) is 7.56. The fraction of sp³-hybridized carbons (Fsp3) is 0.667. The highest BCUT2D eigenvalue weighted by Gasteiger charge is 2.27. The highest BCUT2D eigenvalue weighted by molar-refractivity contribution is 7.09. The normalized spacial score (nSPS) is 25.8. The number of nitrogens with zero attached hydrogens (tertiary/aromatic N) is 2. The molecule has 2 heterocycles. The Hall–Kier alpha value is -0.900. The molecule has 2 unspecified atom stereocenters. The zero-order chi connectivity index (χ0) is 11.7. The van der Waals surface area contributed by atoms with Crippen LogP contribution in [0.3, 0.4) is 0 Å². The number of aryl methyl sites for hydroxylation is 1. The van der Waals surface area contributed by atoms with Gasteiger partial charge in [-0.25, -0.2) is 4.98 Å². The zero-order valence-corrected chi connectivity index (χ0v) is 10.9. The SMILES string of the molecule is Cc1nc(C(=O)N2CC(C)CC(C)C2)cs1. The number of rotatable bonds is 1. The number of carbonyl (C=O) groups is 1. The summed E-state index contributed by atoms with van der Waals surface area (Å²) in [7, 11) is 0. The lowest BCUT2D eigenvalue weighted by Gasteiger charge is -2.34. The minimum Gasteiger partial charge on any atom is -0.337 e. The molecule has 16 heavy (non-hydrogen) atoms. The average molecular weight is 238 g/mol. The molecule has 1 aliphatic heterocycles. The molecule has 0 spiro atoms. The molecule has 1 saturated heterocycles. The van der Waals surface area contributed by atoms with Crippen molar-refractivity contribution in [3.63, 3.8) is 0 Å². The Balaban J connectivity index is 2.09. The first-order valence-corrected chi connectivity index (χ1v) is 6.65. The van der Waals surface area contributed by atoms with Crippen LogP contribution in [0.5, 0.6) is 0 Å². The summed E-state index contributed by atoms with van der Waals surface area (Å²) in [4.78, 5) is 18.4. The van der Waals surface area contributed by atoms with Crippen LogP contribution in [0.1, 0.15) is 35.8 Å². The van der Waals surface area contributed by atoms with E-state index < -0.39 is 0 Å². The van der Waals surface area contributed by atoms with Crippen LogP contribution >= 0.6 is 11.3 Å². The predicted octanol–water partition coefficient (Wildman–Crippen LogP) is 2.57. The lowest BCUT2D eigenvalue weighted by Crippen LogP contribution is -2.42. The number of thiazole rings is 1. The first-order valence-electron chi connectivity index (χ1n) is 5.77. The van der Waals surface area contributed by atoms with Crippen molar-refractivity contribution in [2.24, 2.45) is 11.8 Å². The molecule has 1 fully saturated rings. The Kier molecular flexibility index (Phi) is 3.28. The van der Waals surface area contributed by atoms with Gasteiger partial charge in [-0.2, -0.15) is 0 Å². The lowest BCUT2D eigenvalue weighted by atomic mass is 9.92. The Morgan fingerprint density at radius 3 is 2.56 bits per heavy atom. The van der Waals surface area contributed by atoms with Crippen LogP contribution in [-0.4, -0.2) is 28.9 Å². The Labute approximate surface area is 100 Å². The van der Waals surface area contributed by atoms with E-state index >= 15 is 0 Å². The molecule has 1 aromatic heterocycles. The van der Waals surface area contributed by atoms with Crippen molar-refractivity contribution < 1.29 is 4.79 Å². The zero-order valence-electron chi connectivity index (χ0n) is 10.1. The smallest absolute Gasteiger partial charge is 0.273 e. The summed E-state index contributed by atoms with van der Waals surface area (Å²) in [5.41, 5.74) is 0.615.